The minimum atomic E-state index is 0.790. The quantitative estimate of drug-likeness (QED) is 0.433. The zero-order valence-electron chi connectivity index (χ0n) is 20.5. The van der Waals surface area contributed by atoms with Gasteiger partial charge in [-0.15, -0.1) is 0 Å². The van der Waals surface area contributed by atoms with Crippen molar-refractivity contribution < 1.29 is 0 Å². The Morgan fingerprint density at radius 1 is 0.794 bits per heavy atom. The summed E-state index contributed by atoms with van der Waals surface area (Å²) in [5.41, 5.74) is 8.08. The monoisotopic (exact) mass is 452 g/mol. The van der Waals surface area contributed by atoms with Crippen LogP contribution in [-0.2, 0) is 6.54 Å². The topological polar surface area (TPSA) is 58.0 Å². The molecule has 0 aliphatic carbocycles. The summed E-state index contributed by atoms with van der Waals surface area (Å²) in [6, 6.07) is 12.6. The zero-order chi connectivity index (χ0) is 23.7. The second-order valence-electron chi connectivity index (χ2n) is 9.41. The van der Waals surface area contributed by atoms with Gasteiger partial charge in [-0.2, -0.15) is 0 Å². The van der Waals surface area contributed by atoms with Gasteiger partial charge in [-0.3, -0.25) is 4.90 Å². The van der Waals surface area contributed by atoms with Gasteiger partial charge in [0.1, 0.15) is 0 Å². The number of aromatic nitrogens is 4. The highest BCUT2D eigenvalue weighted by molar-refractivity contribution is 5.83. The molecule has 0 amide bonds. The third-order valence-corrected chi connectivity index (χ3v) is 6.86. The van der Waals surface area contributed by atoms with E-state index in [9.17, 15) is 0 Å². The van der Waals surface area contributed by atoms with Crippen molar-refractivity contribution in [1.29, 1.82) is 0 Å². The van der Waals surface area contributed by atoms with Crippen molar-refractivity contribution in [3.8, 4) is 11.4 Å². The first-order valence-corrected chi connectivity index (χ1v) is 12.1. The van der Waals surface area contributed by atoms with Crippen molar-refractivity contribution in [3.05, 3.63) is 76.7 Å². The lowest BCUT2D eigenvalue weighted by atomic mass is 10.1. The van der Waals surface area contributed by atoms with Gasteiger partial charge in [0, 0.05) is 61.6 Å². The zero-order valence-corrected chi connectivity index (χ0v) is 20.5. The molecule has 0 saturated carbocycles. The first-order chi connectivity index (χ1) is 16.5. The Labute approximate surface area is 201 Å². The van der Waals surface area contributed by atoms with Crippen LogP contribution in [0, 0.1) is 27.7 Å². The predicted molar refractivity (Wildman–Crippen MR) is 138 cm³/mol. The first kappa shape index (κ1) is 22.4. The van der Waals surface area contributed by atoms with Crippen LogP contribution in [-0.4, -0.2) is 51.0 Å². The molecule has 1 aliphatic rings. The van der Waals surface area contributed by atoms with E-state index in [0.717, 1.165) is 78.6 Å². The lowest BCUT2D eigenvalue weighted by Crippen LogP contribution is -2.31. The van der Waals surface area contributed by atoms with Crippen LogP contribution < -0.4 is 4.90 Å². The standard InChI is InChI=1S/C28H32N6/c1-19-8-5-6-9-24(19)27-29-16-23(17-30-27)18-33-10-7-11-34(13-12-33)28-31-22(4)25-14-20(2)21(3)15-26(25)32-28/h5-6,8-9,14-17H,7,10-13,18H2,1-4H3. The molecule has 174 valence electrons. The van der Waals surface area contributed by atoms with E-state index in [2.05, 4.69) is 71.7 Å². The fraction of sp³-hybridized carbons (Fsp3) is 0.357. The van der Waals surface area contributed by atoms with Crippen LogP contribution in [0.25, 0.3) is 22.3 Å². The number of aryl methyl sites for hydroxylation is 4. The number of nitrogens with zero attached hydrogens (tertiary/aromatic N) is 6. The molecule has 3 heterocycles. The van der Waals surface area contributed by atoms with E-state index in [0.29, 0.717) is 0 Å². The summed E-state index contributed by atoms with van der Waals surface area (Å²) in [5.74, 6) is 1.64. The lowest BCUT2D eigenvalue weighted by molar-refractivity contribution is 0.285. The molecule has 2 aromatic heterocycles. The summed E-state index contributed by atoms with van der Waals surface area (Å²) in [7, 11) is 0. The summed E-state index contributed by atoms with van der Waals surface area (Å²) >= 11 is 0. The van der Waals surface area contributed by atoms with Crippen LogP contribution in [0.2, 0.25) is 0 Å². The first-order valence-electron chi connectivity index (χ1n) is 12.1. The maximum absolute atomic E-state index is 4.93. The predicted octanol–water partition coefficient (Wildman–Crippen LogP) is 5.03. The van der Waals surface area contributed by atoms with E-state index in [4.69, 9.17) is 9.97 Å². The molecule has 1 aliphatic heterocycles. The molecule has 0 bridgehead atoms. The Bertz CT molecular complexity index is 1310. The number of benzene rings is 2. The molecule has 0 unspecified atom stereocenters. The van der Waals surface area contributed by atoms with Gasteiger partial charge in [0.2, 0.25) is 5.95 Å². The summed E-state index contributed by atoms with van der Waals surface area (Å²) in [6.07, 6.45) is 5.02. The number of rotatable bonds is 4. The second-order valence-corrected chi connectivity index (χ2v) is 9.41. The van der Waals surface area contributed by atoms with Gasteiger partial charge >= 0.3 is 0 Å². The summed E-state index contributed by atoms with van der Waals surface area (Å²) in [4.78, 5) is 23.9. The maximum Gasteiger partial charge on any atom is 0.226 e. The van der Waals surface area contributed by atoms with Crippen molar-refractivity contribution in [2.24, 2.45) is 0 Å². The van der Waals surface area contributed by atoms with Crippen molar-refractivity contribution >= 4 is 16.9 Å². The van der Waals surface area contributed by atoms with Gasteiger partial charge in [0.05, 0.1) is 11.2 Å². The fourth-order valence-corrected chi connectivity index (χ4v) is 4.65. The Morgan fingerprint density at radius 2 is 1.56 bits per heavy atom. The second kappa shape index (κ2) is 9.47. The average Bonchev–Trinajstić information content (AvgIpc) is 3.07. The van der Waals surface area contributed by atoms with E-state index >= 15 is 0 Å². The molecule has 6 nitrogen and oxygen atoms in total. The average molecular weight is 453 g/mol. The van der Waals surface area contributed by atoms with Crippen LogP contribution >= 0.6 is 0 Å². The Kier molecular flexibility index (Phi) is 6.24. The maximum atomic E-state index is 4.93. The summed E-state index contributed by atoms with van der Waals surface area (Å²) in [6.45, 7) is 13.2. The van der Waals surface area contributed by atoms with Crippen LogP contribution in [0.4, 0.5) is 5.95 Å². The smallest absolute Gasteiger partial charge is 0.226 e. The molecule has 34 heavy (non-hydrogen) atoms. The van der Waals surface area contributed by atoms with Crippen LogP contribution in [0.5, 0.6) is 0 Å². The third-order valence-electron chi connectivity index (χ3n) is 6.86. The molecular formula is C28H32N6. The number of hydrogen-bond acceptors (Lipinski definition) is 6. The largest absolute Gasteiger partial charge is 0.339 e. The minimum Gasteiger partial charge on any atom is -0.339 e. The fourth-order valence-electron chi connectivity index (χ4n) is 4.65. The Morgan fingerprint density at radius 3 is 2.35 bits per heavy atom. The van der Waals surface area contributed by atoms with Crippen LogP contribution in [0.15, 0.2) is 48.8 Å². The highest BCUT2D eigenvalue weighted by atomic mass is 15.3. The van der Waals surface area contributed by atoms with Crippen molar-refractivity contribution in [3.63, 3.8) is 0 Å². The van der Waals surface area contributed by atoms with E-state index in [1.54, 1.807) is 0 Å². The van der Waals surface area contributed by atoms with E-state index in [-0.39, 0.29) is 0 Å². The number of fused-ring (bicyclic) bond motifs is 1. The van der Waals surface area contributed by atoms with Crippen LogP contribution in [0.1, 0.15) is 34.4 Å². The summed E-state index contributed by atoms with van der Waals surface area (Å²) < 4.78 is 0. The molecule has 2 aromatic carbocycles. The molecule has 0 radical (unpaired) electrons. The van der Waals surface area contributed by atoms with Crippen molar-refractivity contribution in [2.45, 2.75) is 40.7 Å². The van der Waals surface area contributed by atoms with Gasteiger partial charge < -0.3 is 4.90 Å². The molecular weight excluding hydrogens is 420 g/mol. The number of hydrogen-bond donors (Lipinski definition) is 0. The van der Waals surface area contributed by atoms with Gasteiger partial charge in [-0.1, -0.05) is 24.3 Å². The molecule has 6 heteroatoms. The van der Waals surface area contributed by atoms with Crippen molar-refractivity contribution in [2.75, 3.05) is 31.1 Å². The van der Waals surface area contributed by atoms with Gasteiger partial charge in [0.25, 0.3) is 0 Å². The van der Waals surface area contributed by atoms with Crippen molar-refractivity contribution in [1.82, 2.24) is 24.8 Å². The van der Waals surface area contributed by atoms with Gasteiger partial charge in [0.15, 0.2) is 5.82 Å². The minimum absolute atomic E-state index is 0.790. The molecule has 0 N–H and O–H groups in total. The van der Waals surface area contributed by atoms with E-state index in [1.807, 2.05) is 24.5 Å². The highest BCUT2D eigenvalue weighted by Gasteiger charge is 2.19. The molecule has 4 aromatic rings. The van der Waals surface area contributed by atoms with E-state index in [1.165, 1.54) is 16.7 Å². The normalized spacial score (nSPS) is 15.0. The SMILES string of the molecule is Cc1cc2nc(N3CCCN(Cc4cnc(-c5ccccc5C)nc4)CC3)nc(C)c2cc1C. The van der Waals surface area contributed by atoms with Gasteiger partial charge in [-0.25, -0.2) is 19.9 Å². The molecule has 0 spiro atoms. The molecule has 1 fully saturated rings. The van der Waals surface area contributed by atoms with Gasteiger partial charge in [-0.05, 0) is 62.9 Å². The molecule has 1 saturated heterocycles. The molecule has 0 atom stereocenters. The third kappa shape index (κ3) is 4.64. The Hall–Kier alpha value is -3.38. The Balaban J connectivity index is 1.27. The van der Waals surface area contributed by atoms with E-state index < -0.39 is 0 Å². The lowest BCUT2D eigenvalue weighted by Gasteiger charge is -2.22. The highest BCUT2D eigenvalue weighted by Crippen LogP contribution is 2.24. The molecule has 5 rings (SSSR count). The van der Waals surface area contributed by atoms with Crippen LogP contribution in [0.3, 0.4) is 0 Å². The summed E-state index contributed by atoms with van der Waals surface area (Å²) in [5, 5.41) is 1.15. The number of anilines is 1.